The number of hydrogen-bond donors (Lipinski definition) is 0. The average molecular weight is 252 g/mol. The highest BCUT2D eigenvalue weighted by molar-refractivity contribution is 7.98. The molecule has 0 unspecified atom stereocenters. The Kier molecular flexibility index (Phi) is 4.03. The molecule has 5 heteroatoms. The van der Waals surface area contributed by atoms with Crippen molar-refractivity contribution < 1.29 is 8.78 Å². The van der Waals surface area contributed by atoms with Crippen molar-refractivity contribution in [2.24, 2.45) is 0 Å². The van der Waals surface area contributed by atoms with Crippen molar-refractivity contribution in [2.45, 2.75) is 17.2 Å². The number of benzene rings is 1. The molecule has 2 aromatic rings. The standard InChI is InChI=1S/C12H10F2N2S/c13-11(14)10-12(16-7-6-15-10)17-8-9-4-2-1-3-5-9/h1-7,11H,8H2. The second-order valence-electron chi connectivity index (χ2n) is 3.32. The zero-order valence-corrected chi connectivity index (χ0v) is 9.70. The number of thioether (sulfide) groups is 1. The van der Waals surface area contributed by atoms with E-state index >= 15 is 0 Å². The molecule has 0 atom stereocenters. The molecule has 17 heavy (non-hydrogen) atoms. The van der Waals surface area contributed by atoms with Crippen molar-refractivity contribution >= 4 is 11.8 Å². The summed E-state index contributed by atoms with van der Waals surface area (Å²) in [6, 6.07) is 9.65. The van der Waals surface area contributed by atoms with E-state index in [-0.39, 0.29) is 5.69 Å². The van der Waals surface area contributed by atoms with Crippen molar-refractivity contribution in [1.29, 1.82) is 0 Å². The summed E-state index contributed by atoms with van der Waals surface area (Å²) in [5.41, 5.74) is 0.830. The molecule has 1 heterocycles. The van der Waals surface area contributed by atoms with Gasteiger partial charge >= 0.3 is 0 Å². The minimum atomic E-state index is -2.58. The maximum atomic E-state index is 12.6. The first-order valence-electron chi connectivity index (χ1n) is 5.03. The van der Waals surface area contributed by atoms with Crippen LogP contribution in [0.2, 0.25) is 0 Å². The molecular formula is C12H10F2N2S. The van der Waals surface area contributed by atoms with E-state index in [0.717, 1.165) is 5.56 Å². The van der Waals surface area contributed by atoms with Crippen LogP contribution in [0.4, 0.5) is 8.78 Å². The van der Waals surface area contributed by atoms with E-state index in [0.29, 0.717) is 10.8 Å². The molecule has 0 amide bonds. The third-order valence-corrected chi connectivity index (χ3v) is 3.18. The summed E-state index contributed by atoms with van der Waals surface area (Å²) < 4.78 is 25.3. The highest BCUT2D eigenvalue weighted by atomic mass is 32.2. The lowest BCUT2D eigenvalue weighted by atomic mass is 10.2. The lowest BCUT2D eigenvalue weighted by Crippen LogP contribution is -1.96. The van der Waals surface area contributed by atoms with Gasteiger partial charge in [0, 0.05) is 18.1 Å². The van der Waals surface area contributed by atoms with Gasteiger partial charge in [-0.25, -0.2) is 13.8 Å². The molecule has 0 radical (unpaired) electrons. The van der Waals surface area contributed by atoms with Crippen LogP contribution < -0.4 is 0 Å². The van der Waals surface area contributed by atoms with E-state index in [1.54, 1.807) is 0 Å². The Hall–Kier alpha value is -1.49. The fourth-order valence-electron chi connectivity index (χ4n) is 1.32. The van der Waals surface area contributed by atoms with Gasteiger partial charge in [-0.1, -0.05) is 42.1 Å². The van der Waals surface area contributed by atoms with Crippen molar-refractivity contribution in [3.05, 3.63) is 54.0 Å². The quantitative estimate of drug-likeness (QED) is 0.776. The third kappa shape index (κ3) is 3.23. The zero-order chi connectivity index (χ0) is 12.1. The Morgan fingerprint density at radius 3 is 2.47 bits per heavy atom. The Balaban J connectivity index is 2.09. The van der Waals surface area contributed by atoms with Crippen molar-refractivity contribution in [2.75, 3.05) is 0 Å². The predicted molar refractivity (Wildman–Crippen MR) is 63.0 cm³/mol. The lowest BCUT2D eigenvalue weighted by Gasteiger charge is -2.05. The number of aromatic nitrogens is 2. The van der Waals surface area contributed by atoms with Gasteiger partial charge < -0.3 is 0 Å². The van der Waals surface area contributed by atoms with Crippen LogP contribution in [0.5, 0.6) is 0 Å². The third-order valence-electron chi connectivity index (χ3n) is 2.12. The Bertz CT molecular complexity index is 477. The molecule has 1 aromatic heterocycles. The monoisotopic (exact) mass is 252 g/mol. The molecular weight excluding hydrogens is 242 g/mol. The first kappa shape index (κ1) is 12.0. The van der Waals surface area contributed by atoms with Gasteiger partial charge in [0.2, 0.25) is 0 Å². The van der Waals surface area contributed by atoms with E-state index in [4.69, 9.17) is 0 Å². The fourth-order valence-corrected chi connectivity index (χ4v) is 2.24. The Morgan fingerprint density at radius 1 is 1.06 bits per heavy atom. The minimum absolute atomic E-state index is 0.242. The summed E-state index contributed by atoms with van der Waals surface area (Å²) in [5.74, 6) is 0.610. The van der Waals surface area contributed by atoms with Gasteiger partial charge in [-0.15, -0.1) is 0 Å². The smallest absolute Gasteiger partial charge is 0.251 e. The van der Waals surface area contributed by atoms with Crippen molar-refractivity contribution in [1.82, 2.24) is 9.97 Å². The highest BCUT2D eigenvalue weighted by Crippen LogP contribution is 2.28. The summed E-state index contributed by atoms with van der Waals surface area (Å²) >= 11 is 1.27. The van der Waals surface area contributed by atoms with E-state index in [1.165, 1.54) is 24.2 Å². The molecule has 1 aromatic carbocycles. The first-order valence-corrected chi connectivity index (χ1v) is 6.01. The maximum absolute atomic E-state index is 12.6. The van der Waals surface area contributed by atoms with Gasteiger partial charge in [-0.2, -0.15) is 0 Å². The van der Waals surface area contributed by atoms with Crippen LogP contribution in [0.25, 0.3) is 0 Å². The minimum Gasteiger partial charge on any atom is -0.251 e. The molecule has 0 bridgehead atoms. The van der Waals surface area contributed by atoms with Crippen LogP contribution in [0.15, 0.2) is 47.8 Å². The molecule has 0 saturated carbocycles. The van der Waals surface area contributed by atoms with Crippen LogP contribution in [0, 0.1) is 0 Å². The molecule has 0 N–H and O–H groups in total. The van der Waals surface area contributed by atoms with Crippen LogP contribution in [0.1, 0.15) is 17.7 Å². The maximum Gasteiger partial charge on any atom is 0.283 e. The van der Waals surface area contributed by atoms with Gasteiger partial charge in [0.1, 0.15) is 10.7 Å². The molecule has 0 fully saturated rings. The average Bonchev–Trinajstić information content (AvgIpc) is 2.38. The molecule has 0 spiro atoms. The molecule has 0 aliphatic rings. The highest BCUT2D eigenvalue weighted by Gasteiger charge is 2.15. The van der Waals surface area contributed by atoms with Crippen LogP contribution in [-0.2, 0) is 5.75 Å². The largest absolute Gasteiger partial charge is 0.283 e. The molecule has 0 saturated heterocycles. The lowest BCUT2D eigenvalue weighted by molar-refractivity contribution is 0.141. The normalized spacial score (nSPS) is 10.8. The van der Waals surface area contributed by atoms with Crippen LogP contribution >= 0.6 is 11.8 Å². The predicted octanol–water partition coefficient (Wildman–Crippen LogP) is 3.71. The zero-order valence-electron chi connectivity index (χ0n) is 8.88. The number of halogens is 2. The van der Waals surface area contributed by atoms with Gasteiger partial charge in [0.15, 0.2) is 0 Å². The van der Waals surface area contributed by atoms with Crippen molar-refractivity contribution in [3.8, 4) is 0 Å². The summed E-state index contributed by atoms with van der Waals surface area (Å²) in [7, 11) is 0. The van der Waals surface area contributed by atoms with E-state index < -0.39 is 6.43 Å². The SMILES string of the molecule is FC(F)c1nccnc1SCc1ccccc1. The van der Waals surface area contributed by atoms with Gasteiger partial charge in [-0.05, 0) is 5.56 Å². The van der Waals surface area contributed by atoms with E-state index in [1.807, 2.05) is 30.3 Å². The van der Waals surface area contributed by atoms with Gasteiger partial charge in [-0.3, -0.25) is 4.98 Å². The Labute approximate surface area is 102 Å². The Morgan fingerprint density at radius 2 is 1.76 bits per heavy atom. The van der Waals surface area contributed by atoms with Gasteiger partial charge in [0.05, 0.1) is 0 Å². The van der Waals surface area contributed by atoms with Crippen LogP contribution in [-0.4, -0.2) is 9.97 Å². The second-order valence-corrected chi connectivity index (χ2v) is 4.29. The topological polar surface area (TPSA) is 25.8 Å². The molecule has 0 aliphatic carbocycles. The van der Waals surface area contributed by atoms with E-state index in [9.17, 15) is 8.78 Å². The number of hydrogen-bond acceptors (Lipinski definition) is 3. The van der Waals surface area contributed by atoms with Crippen LogP contribution in [0.3, 0.4) is 0 Å². The molecule has 2 rings (SSSR count). The summed E-state index contributed by atoms with van der Waals surface area (Å²) in [6.07, 6.45) is 0.134. The number of nitrogens with zero attached hydrogens (tertiary/aromatic N) is 2. The van der Waals surface area contributed by atoms with E-state index in [2.05, 4.69) is 9.97 Å². The van der Waals surface area contributed by atoms with Crippen molar-refractivity contribution in [3.63, 3.8) is 0 Å². The van der Waals surface area contributed by atoms with Gasteiger partial charge in [0.25, 0.3) is 6.43 Å². The molecule has 2 nitrogen and oxygen atoms in total. The number of alkyl halides is 2. The summed E-state index contributed by atoms with van der Waals surface area (Å²) in [4.78, 5) is 7.59. The number of rotatable bonds is 4. The molecule has 88 valence electrons. The fraction of sp³-hybridized carbons (Fsp3) is 0.167. The first-order chi connectivity index (χ1) is 8.27. The summed E-state index contributed by atoms with van der Waals surface area (Å²) in [5, 5.41) is 0.298. The molecule has 0 aliphatic heterocycles. The summed E-state index contributed by atoms with van der Waals surface area (Å²) in [6.45, 7) is 0. The second kappa shape index (κ2) is 5.72.